The minimum absolute atomic E-state index is 0.660. The van der Waals surface area contributed by atoms with Crippen LogP contribution in [0.1, 0.15) is 5.56 Å². The molecule has 2 nitrogen and oxygen atoms in total. The first-order chi connectivity index (χ1) is 8.68. The SMILES string of the molecule is Cc1cccc2c1[nH]c(=S)n2-c1ccccc1Cl. The predicted molar refractivity (Wildman–Crippen MR) is 78.2 cm³/mol. The molecule has 3 rings (SSSR count). The smallest absolute Gasteiger partial charge is 0.182 e. The van der Waals surface area contributed by atoms with E-state index >= 15 is 0 Å². The van der Waals surface area contributed by atoms with Crippen LogP contribution in [0.5, 0.6) is 0 Å². The van der Waals surface area contributed by atoms with Gasteiger partial charge in [0.15, 0.2) is 4.77 Å². The summed E-state index contributed by atoms with van der Waals surface area (Å²) in [5.41, 5.74) is 4.18. The number of para-hydroxylation sites is 2. The lowest BCUT2D eigenvalue weighted by Crippen LogP contribution is -1.94. The summed E-state index contributed by atoms with van der Waals surface area (Å²) in [7, 11) is 0. The molecule has 1 N–H and O–H groups in total. The van der Waals surface area contributed by atoms with Crippen molar-refractivity contribution < 1.29 is 0 Å². The molecule has 90 valence electrons. The molecule has 18 heavy (non-hydrogen) atoms. The Morgan fingerprint density at radius 2 is 1.89 bits per heavy atom. The van der Waals surface area contributed by atoms with E-state index in [1.165, 1.54) is 5.56 Å². The number of benzene rings is 2. The molecule has 0 aliphatic carbocycles. The Kier molecular flexibility index (Phi) is 2.73. The van der Waals surface area contributed by atoms with Crippen molar-refractivity contribution in [2.75, 3.05) is 0 Å². The largest absolute Gasteiger partial charge is 0.330 e. The van der Waals surface area contributed by atoms with E-state index in [-0.39, 0.29) is 0 Å². The normalized spacial score (nSPS) is 11.0. The third kappa shape index (κ3) is 1.67. The van der Waals surface area contributed by atoms with Crippen molar-refractivity contribution in [2.24, 2.45) is 0 Å². The molecular weight excluding hydrogens is 264 g/mol. The maximum absolute atomic E-state index is 6.25. The Morgan fingerprint density at radius 3 is 2.67 bits per heavy atom. The summed E-state index contributed by atoms with van der Waals surface area (Å²) in [5.74, 6) is 0. The number of fused-ring (bicyclic) bond motifs is 1. The number of imidazole rings is 1. The molecule has 2 aromatic carbocycles. The van der Waals surface area contributed by atoms with Crippen LogP contribution in [0.4, 0.5) is 0 Å². The molecule has 0 fully saturated rings. The molecule has 1 aromatic heterocycles. The molecule has 0 radical (unpaired) electrons. The third-order valence-electron chi connectivity index (χ3n) is 3.02. The van der Waals surface area contributed by atoms with Crippen LogP contribution in [-0.2, 0) is 0 Å². The number of aromatic nitrogens is 2. The van der Waals surface area contributed by atoms with E-state index in [0.29, 0.717) is 9.79 Å². The fraction of sp³-hybridized carbons (Fsp3) is 0.0714. The zero-order valence-electron chi connectivity index (χ0n) is 9.77. The number of hydrogen-bond donors (Lipinski definition) is 1. The summed E-state index contributed by atoms with van der Waals surface area (Å²) < 4.78 is 2.63. The quantitative estimate of drug-likeness (QED) is 0.641. The fourth-order valence-electron chi connectivity index (χ4n) is 2.15. The summed E-state index contributed by atoms with van der Waals surface area (Å²) >= 11 is 11.6. The van der Waals surface area contributed by atoms with Gasteiger partial charge in [-0.25, -0.2) is 0 Å². The predicted octanol–water partition coefficient (Wildman–Crippen LogP) is 4.65. The average Bonchev–Trinajstić information content (AvgIpc) is 2.68. The van der Waals surface area contributed by atoms with Gasteiger partial charge in [-0.2, -0.15) is 0 Å². The zero-order valence-corrected chi connectivity index (χ0v) is 11.3. The van der Waals surface area contributed by atoms with Gasteiger partial charge in [0.05, 0.1) is 21.7 Å². The number of aryl methyl sites for hydroxylation is 1. The van der Waals surface area contributed by atoms with Gasteiger partial charge in [0, 0.05) is 0 Å². The Balaban J connectivity index is 2.44. The summed E-state index contributed by atoms with van der Waals surface area (Å²) in [6.45, 7) is 2.06. The van der Waals surface area contributed by atoms with Crippen molar-refractivity contribution >= 4 is 34.9 Å². The molecule has 0 bridgehead atoms. The van der Waals surface area contributed by atoms with Crippen LogP contribution >= 0.6 is 23.8 Å². The van der Waals surface area contributed by atoms with Gasteiger partial charge in [-0.3, -0.25) is 4.57 Å². The van der Waals surface area contributed by atoms with Crippen LogP contribution in [0.3, 0.4) is 0 Å². The number of H-pyrrole nitrogens is 1. The van der Waals surface area contributed by atoms with Crippen molar-refractivity contribution in [3.63, 3.8) is 0 Å². The second kappa shape index (κ2) is 4.26. The second-order valence-electron chi connectivity index (χ2n) is 4.19. The van der Waals surface area contributed by atoms with Crippen LogP contribution in [0.25, 0.3) is 16.7 Å². The fourth-order valence-corrected chi connectivity index (χ4v) is 2.66. The van der Waals surface area contributed by atoms with Crippen molar-refractivity contribution in [3.05, 3.63) is 57.8 Å². The molecule has 0 spiro atoms. The third-order valence-corrected chi connectivity index (χ3v) is 3.62. The molecule has 0 amide bonds. The lowest BCUT2D eigenvalue weighted by atomic mass is 10.2. The zero-order chi connectivity index (χ0) is 12.7. The van der Waals surface area contributed by atoms with Crippen LogP contribution < -0.4 is 0 Å². The minimum Gasteiger partial charge on any atom is -0.330 e. The first-order valence-corrected chi connectivity index (χ1v) is 6.42. The van der Waals surface area contributed by atoms with Crippen molar-refractivity contribution in [2.45, 2.75) is 6.92 Å². The Hall–Kier alpha value is -1.58. The average molecular weight is 275 g/mol. The van der Waals surface area contributed by atoms with Crippen LogP contribution in [0, 0.1) is 11.7 Å². The van der Waals surface area contributed by atoms with Gasteiger partial charge in [-0.05, 0) is 42.9 Å². The number of halogens is 1. The van der Waals surface area contributed by atoms with Gasteiger partial charge in [0.25, 0.3) is 0 Å². The first-order valence-electron chi connectivity index (χ1n) is 5.64. The van der Waals surface area contributed by atoms with E-state index in [2.05, 4.69) is 18.0 Å². The summed E-state index contributed by atoms with van der Waals surface area (Å²) in [6, 6.07) is 13.8. The van der Waals surface area contributed by atoms with Gasteiger partial charge in [0.2, 0.25) is 0 Å². The molecule has 3 aromatic rings. The van der Waals surface area contributed by atoms with Gasteiger partial charge < -0.3 is 4.98 Å². The lowest BCUT2D eigenvalue weighted by Gasteiger charge is -2.06. The molecule has 0 aliphatic heterocycles. The maximum atomic E-state index is 6.25. The second-order valence-corrected chi connectivity index (χ2v) is 4.98. The molecular formula is C14H11ClN2S. The lowest BCUT2D eigenvalue weighted by molar-refractivity contribution is 1.07. The minimum atomic E-state index is 0.660. The first kappa shape index (κ1) is 11.5. The summed E-state index contributed by atoms with van der Waals surface area (Å²) in [6.07, 6.45) is 0. The van der Waals surface area contributed by atoms with Gasteiger partial charge in [0.1, 0.15) is 0 Å². The highest BCUT2D eigenvalue weighted by Crippen LogP contribution is 2.26. The highest BCUT2D eigenvalue weighted by atomic mass is 35.5. The highest BCUT2D eigenvalue weighted by molar-refractivity contribution is 7.71. The maximum Gasteiger partial charge on any atom is 0.182 e. The van der Waals surface area contributed by atoms with Crippen molar-refractivity contribution in [3.8, 4) is 5.69 Å². The van der Waals surface area contributed by atoms with Crippen LogP contribution in [0.2, 0.25) is 5.02 Å². The standard InChI is InChI=1S/C14H11ClN2S/c1-9-5-4-8-12-13(9)16-14(18)17(12)11-7-3-2-6-10(11)15/h2-8H,1H3,(H,16,18). The highest BCUT2D eigenvalue weighted by Gasteiger charge is 2.09. The Bertz CT molecular complexity index is 786. The number of rotatable bonds is 1. The van der Waals surface area contributed by atoms with E-state index in [9.17, 15) is 0 Å². The number of aromatic amines is 1. The molecule has 4 heteroatoms. The van der Waals surface area contributed by atoms with E-state index in [0.717, 1.165) is 16.7 Å². The van der Waals surface area contributed by atoms with Gasteiger partial charge in [-0.1, -0.05) is 35.9 Å². The summed E-state index contributed by atoms with van der Waals surface area (Å²) in [5, 5.41) is 0.691. The summed E-state index contributed by atoms with van der Waals surface area (Å²) in [4.78, 5) is 3.24. The number of nitrogens with zero attached hydrogens (tertiary/aromatic N) is 1. The molecule has 0 atom stereocenters. The molecule has 1 heterocycles. The molecule has 0 saturated carbocycles. The van der Waals surface area contributed by atoms with E-state index in [4.69, 9.17) is 23.8 Å². The Morgan fingerprint density at radius 1 is 1.11 bits per heavy atom. The van der Waals surface area contributed by atoms with Gasteiger partial charge in [-0.15, -0.1) is 0 Å². The van der Waals surface area contributed by atoms with E-state index < -0.39 is 0 Å². The van der Waals surface area contributed by atoms with Crippen LogP contribution in [0.15, 0.2) is 42.5 Å². The van der Waals surface area contributed by atoms with Crippen molar-refractivity contribution in [1.82, 2.24) is 9.55 Å². The topological polar surface area (TPSA) is 20.7 Å². The van der Waals surface area contributed by atoms with Crippen LogP contribution in [-0.4, -0.2) is 9.55 Å². The molecule has 0 aliphatic rings. The number of hydrogen-bond acceptors (Lipinski definition) is 1. The van der Waals surface area contributed by atoms with E-state index in [1.54, 1.807) is 0 Å². The number of nitrogens with one attached hydrogen (secondary N) is 1. The molecule has 0 unspecified atom stereocenters. The van der Waals surface area contributed by atoms with E-state index in [1.807, 2.05) is 41.0 Å². The monoisotopic (exact) mass is 274 g/mol. The molecule has 0 saturated heterocycles. The van der Waals surface area contributed by atoms with Crippen molar-refractivity contribution in [1.29, 1.82) is 0 Å². The Labute approximate surface area is 115 Å². The van der Waals surface area contributed by atoms with Gasteiger partial charge >= 0.3 is 0 Å².